The molecule has 1 aromatic heterocycles. The molecule has 3 aromatic rings. The minimum atomic E-state index is -1.01. The molecule has 0 saturated carbocycles. The van der Waals surface area contributed by atoms with E-state index in [-0.39, 0.29) is 17.5 Å². The van der Waals surface area contributed by atoms with Crippen molar-refractivity contribution in [3.63, 3.8) is 0 Å². The Morgan fingerprint density at radius 1 is 1.19 bits per heavy atom. The molecule has 4 rings (SSSR count). The van der Waals surface area contributed by atoms with E-state index in [2.05, 4.69) is 15.2 Å². The number of carbonyl (C=O) groups is 2. The lowest BCUT2D eigenvalue weighted by Gasteiger charge is -2.30. The van der Waals surface area contributed by atoms with Crippen LogP contribution in [0.1, 0.15) is 32.6 Å². The van der Waals surface area contributed by atoms with Gasteiger partial charge in [-0.05, 0) is 30.0 Å². The van der Waals surface area contributed by atoms with Gasteiger partial charge in [0.2, 0.25) is 23.2 Å². The number of hydrogen-bond acceptors (Lipinski definition) is 8. The Hall–Kier alpha value is -3.17. The summed E-state index contributed by atoms with van der Waals surface area (Å²) in [5.74, 6) is 0.392. The van der Waals surface area contributed by atoms with Gasteiger partial charge in [-0.25, -0.2) is 0 Å². The van der Waals surface area contributed by atoms with Gasteiger partial charge >= 0.3 is 5.97 Å². The van der Waals surface area contributed by atoms with Crippen molar-refractivity contribution in [2.24, 2.45) is 0 Å². The predicted octanol–water partition coefficient (Wildman–Crippen LogP) is 4.67. The highest BCUT2D eigenvalue weighted by atomic mass is 35.5. The van der Waals surface area contributed by atoms with E-state index in [1.54, 1.807) is 24.3 Å². The number of benzene rings is 2. The first kappa shape index (κ1) is 22.0. The van der Waals surface area contributed by atoms with Crippen molar-refractivity contribution in [3.8, 4) is 22.9 Å². The molecule has 0 saturated heterocycles. The van der Waals surface area contributed by atoms with Crippen LogP contribution in [-0.4, -0.2) is 32.8 Å². The second-order valence-corrected chi connectivity index (χ2v) is 8.50. The van der Waals surface area contributed by atoms with Crippen molar-refractivity contribution in [2.75, 3.05) is 10.7 Å². The lowest BCUT2D eigenvalue weighted by atomic mass is 10.1. The van der Waals surface area contributed by atoms with Crippen LogP contribution >= 0.6 is 23.4 Å². The Balaban J connectivity index is 1.97. The lowest BCUT2D eigenvalue weighted by molar-refractivity contribution is -0.132. The van der Waals surface area contributed by atoms with Gasteiger partial charge in [0, 0.05) is 24.4 Å². The minimum Gasteiger partial charge on any atom is -0.447 e. The van der Waals surface area contributed by atoms with Crippen molar-refractivity contribution in [3.05, 3.63) is 53.1 Å². The molecule has 32 heavy (non-hydrogen) atoms. The first-order valence-corrected chi connectivity index (χ1v) is 11.2. The summed E-state index contributed by atoms with van der Waals surface area (Å²) in [5, 5.41) is 9.37. The molecule has 1 aliphatic rings. The summed E-state index contributed by atoms with van der Waals surface area (Å²) in [6.45, 7) is 4.70. The number of halogens is 1. The maximum atomic E-state index is 12.9. The molecule has 0 fully saturated rings. The van der Waals surface area contributed by atoms with Gasteiger partial charge in [-0.1, -0.05) is 48.5 Å². The maximum Gasteiger partial charge on any atom is 0.308 e. The van der Waals surface area contributed by atoms with E-state index < -0.39 is 12.2 Å². The van der Waals surface area contributed by atoms with Crippen LogP contribution in [0.15, 0.2) is 47.6 Å². The number of hydrogen-bond donors (Lipinski definition) is 0. The lowest BCUT2D eigenvalue weighted by Crippen LogP contribution is -2.36. The fraction of sp³-hybridized carbons (Fsp3) is 0.227. The average molecular weight is 471 g/mol. The van der Waals surface area contributed by atoms with Crippen LogP contribution in [0, 0.1) is 0 Å². The van der Waals surface area contributed by atoms with E-state index in [0.717, 1.165) is 5.75 Å². The van der Waals surface area contributed by atoms with Crippen LogP contribution in [0.25, 0.3) is 11.3 Å². The highest BCUT2D eigenvalue weighted by Crippen LogP contribution is 2.45. The minimum absolute atomic E-state index is 0.214. The maximum absolute atomic E-state index is 12.9. The zero-order valence-corrected chi connectivity index (χ0v) is 19.1. The number of nitrogens with zero attached hydrogens (tertiary/aromatic N) is 4. The van der Waals surface area contributed by atoms with E-state index in [9.17, 15) is 9.59 Å². The predicted molar refractivity (Wildman–Crippen MR) is 121 cm³/mol. The zero-order chi connectivity index (χ0) is 22.8. The van der Waals surface area contributed by atoms with E-state index in [1.807, 2.05) is 25.1 Å². The average Bonchev–Trinajstić information content (AvgIpc) is 2.89. The van der Waals surface area contributed by atoms with Gasteiger partial charge in [0.05, 0.1) is 11.3 Å². The fourth-order valence-electron chi connectivity index (χ4n) is 3.41. The van der Waals surface area contributed by atoms with Crippen LogP contribution in [0.3, 0.4) is 0 Å². The molecule has 164 valence electrons. The van der Waals surface area contributed by atoms with Gasteiger partial charge in [-0.2, -0.15) is 4.98 Å². The third-order valence-electron chi connectivity index (χ3n) is 4.62. The SMILES string of the molecule is CCSc1nnc2c(n1)O[C@@H](c1cc(Cl)ccc1OC(C)=O)N(C(C)=O)c1ccccc1-2. The Kier molecular flexibility index (Phi) is 6.29. The molecule has 2 heterocycles. The highest BCUT2D eigenvalue weighted by Gasteiger charge is 2.36. The molecule has 0 bridgehead atoms. The number of amides is 1. The number of aromatic nitrogens is 3. The van der Waals surface area contributed by atoms with Crippen molar-refractivity contribution >= 4 is 40.9 Å². The van der Waals surface area contributed by atoms with Crippen LogP contribution < -0.4 is 14.4 Å². The molecule has 0 radical (unpaired) electrons. The first-order valence-electron chi connectivity index (χ1n) is 9.80. The van der Waals surface area contributed by atoms with E-state index in [4.69, 9.17) is 21.1 Å². The Morgan fingerprint density at radius 2 is 1.97 bits per heavy atom. The molecule has 10 heteroatoms. The molecule has 1 amide bonds. The number of rotatable bonds is 4. The van der Waals surface area contributed by atoms with Crippen LogP contribution in [0.4, 0.5) is 5.69 Å². The molecule has 1 aliphatic heterocycles. The second-order valence-electron chi connectivity index (χ2n) is 6.83. The Bertz CT molecular complexity index is 1210. The standard InChI is InChI=1S/C22H19ClN4O4S/c1-4-32-22-24-20-19(25-26-22)15-7-5-6-8-17(15)27(12(2)28)21(31-20)16-11-14(23)9-10-18(16)30-13(3)29/h5-11,21H,4H2,1-3H3/t21-/m0/s1. The molecule has 1 atom stereocenters. The number of esters is 1. The summed E-state index contributed by atoms with van der Waals surface area (Å²) in [5.41, 5.74) is 2.01. The van der Waals surface area contributed by atoms with E-state index in [0.29, 0.717) is 32.7 Å². The number of anilines is 1. The summed E-state index contributed by atoms with van der Waals surface area (Å²) < 4.78 is 11.7. The first-order chi connectivity index (χ1) is 15.4. The molecule has 2 aromatic carbocycles. The summed E-state index contributed by atoms with van der Waals surface area (Å²) in [6, 6.07) is 12.0. The van der Waals surface area contributed by atoms with E-state index >= 15 is 0 Å². The third kappa shape index (κ3) is 4.26. The summed E-state index contributed by atoms with van der Waals surface area (Å²) in [6.07, 6.45) is -1.01. The largest absolute Gasteiger partial charge is 0.447 e. The number of carbonyl (C=O) groups excluding carboxylic acids is 2. The van der Waals surface area contributed by atoms with Crippen molar-refractivity contribution in [1.82, 2.24) is 15.2 Å². The summed E-state index contributed by atoms with van der Waals surface area (Å²) >= 11 is 7.69. The zero-order valence-electron chi connectivity index (χ0n) is 17.5. The van der Waals surface area contributed by atoms with Gasteiger partial charge < -0.3 is 9.47 Å². The van der Waals surface area contributed by atoms with Gasteiger partial charge in [0.1, 0.15) is 5.75 Å². The Morgan fingerprint density at radius 3 is 2.69 bits per heavy atom. The number of ether oxygens (including phenoxy) is 2. The molecular weight excluding hydrogens is 452 g/mol. The highest BCUT2D eigenvalue weighted by molar-refractivity contribution is 7.99. The van der Waals surface area contributed by atoms with Gasteiger partial charge in [0.25, 0.3) is 0 Å². The molecule has 0 aliphatic carbocycles. The number of thioether (sulfide) groups is 1. The monoisotopic (exact) mass is 470 g/mol. The molecule has 0 unspecified atom stereocenters. The normalized spacial score (nSPS) is 14.6. The smallest absolute Gasteiger partial charge is 0.308 e. The van der Waals surface area contributed by atoms with Gasteiger partial charge in [-0.3, -0.25) is 14.5 Å². The van der Waals surface area contributed by atoms with Crippen LogP contribution in [0.5, 0.6) is 11.6 Å². The second kappa shape index (κ2) is 9.13. The van der Waals surface area contributed by atoms with Crippen LogP contribution in [-0.2, 0) is 9.59 Å². The third-order valence-corrected chi connectivity index (χ3v) is 5.57. The van der Waals surface area contributed by atoms with Gasteiger partial charge in [0.15, 0.2) is 5.69 Å². The number of fused-ring (bicyclic) bond motifs is 3. The van der Waals surface area contributed by atoms with Gasteiger partial charge in [-0.15, -0.1) is 10.2 Å². The van der Waals surface area contributed by atoms with Crippen molar-refractivity contribution < 1.29 is 19.1 Å². The Labute approximate surface area is 193 Å². The van der Waals surface area contributed by atoms with Crippen LogP contribution in [0.2, 0.25) is 5.02 Å². The number of para-hydroxylation sites is 1. The van der Waals surface area contributed by atoms with Crippen molar-refractivity contribution in [2.45, 2.75) is 32.2 Å². The topological polar surface area (TPSA) is 94.5 Å². The molecule has 0 N–H and O–H groups in total. The molecule has 0 spiro atoms. The fourth-order valence-corrected chi connectivity index (χ4v) is 4.09. The van der Waals surface area contributed by atoms with Crippen molar-refractivity contribution in [1.29, 1.82) is 0 Å². The van der Waals surface area contributed by atoms with E-state index in [1.165, 1.54) is 30.5 Å². The molecule has 8 nitrogen and oxygen atoms in total. The summed E-state index contributed by atoms with van der Waals surface area (Å²) in [7, 11) is 0. The molecular formula is C22H19ClN4O4S. The quantitative estimate of drug-likeness (QED) is 0.308. The summed E-state index contributed by atoms with van der Waals surface area (Å²) in [4.78, 5) is 30.6.